The largest absolute Gasteiger partial charge is 0.480 e. The van der Waals surface area contributed by atoms with Crippen LogP contribution >= 0.6 is 12.4 Å². The molecule has 126 valence electrons. The molecule has 1 aliphatic heterocycles. The standard InChI is InChI=1S/C20H21NO2.ClH/c22-19(23)15-21-13-11-18(12-14-21)20(16-7-3-1-4-8-16)17-9-5-2-6-10-17;/h1-10H,11-15H2,(H,22,23);1H. The van der Waals surface area contributed by atoms with Gasteiger partial charge >= 0.3 is 5.97 Å². The van der Waals surface area contributed by atoms with Crippen LogP contribution in [-0.2, 0) is 4.79 Å². The number of benzene rings is 2. The SMILES string of the molecule is Cl.O=C(O)CN1CCC(=C(c2ccccc2)c2ccccc2)CC1. The van der Waals surface area contributed by atoms with Crippen LogP contribution in [0.15, 0.2) is 66.2 Å². The Morgan fingerprint density at radius 2 is 1.33 bits per heavy atom. The van der Waals surface area contributed by atoms with Gasteiger partial charge in [0.25, 0.3) is 0 Å². The minimum absolute atomic E-state index is 0. The molecule has 24 heavy (non-hydrogen) atoms. The fourth-order valence-electron chi connectivity index (χ4n) is 3.21. The van der Waals surface area contributed by atoms with E-state index in [4.69, 9.17) is 5.11 Å². The van der Waals surface area contributed by atoms with Crippen LogP contribution in [0.3, 0.4) is 0 Å². The van der Waals surface area contributed by atoms with Gasteiger partial charge < -0.3 is 5.11 Å². The first kappa shape index (κ1) is 18.2. The average molecular weight is 344 g/mol. The van der Waals surface area contributed by atoms with Crippen LogP contribution in [0.1, 0.15) is 24.0 Å². The number of nitrogens with zero attached hydrogens (tertiary/aromatic N) is 1. The Morgan fingerprint density at radius 3 is 1.75 bits per heavy atom. The number of carbonyl (C=O) groups is 1. The van der Waals surface area contributed by atoms with Crippen molar-refractivity contribution >= 4 is 23.9 Å². The lowest BCUT2D eigenvalue weighted by Crippen LogP contribution is -2.35. The molecule has 0 spiro atoms. The molecule has 0 amide bonds. The van der Waals surface area contributed by atoms with Gasteiger partial charge in [0.2, 0.25) is 0 Å². The van der Waals surface area contributed by atoms with Gasteiger partial charge in [-0.15, -0.1) is 12.4 Å². The Bertz CT molecular complexity index is 647. The summed E-state index contributed by atoms with van der Waals surface area (Å²) in [5, 5.41) is 8.94. The van der Waals surface area contributed by atoms with Gasteiger partial charge in [0.05, 0.1) is 6.54 Å². The molecule has 1 N–H and O–H groups in total. The third-order valence-electron chi connectivity index (χ3n) is 4.30. The van der Waals surface area contributed by atoms with Crippen molar-refractivity contribution in [3.05, 3.63) is 77.4 Å². The van der Waals surface area contributed by atoms with Gasteiger partial charge in [-0.3, -0.25) is 9.69 Å². The Labute approximate surface area is 149 Å². The van der Waals surface area contributed by atoms with Gasteiger partial charge in [-0.1, -0.05) is 66.2 Å². The molecule has 0 aliphatic carbocycles. The molecule has 3 rings (SSSR count). The third kappa shape index (κ3) is 4.47. The van der Waals surface area contributed by atoms with Gasteiger partial charge in [-0.2, -0.15) is 0 Å². The van der Waals surface area contributed by atoms with Crippen molar-refractivity contribution in [3.63, 3.8) is 0 Å². The third-order valence-corrected chi connectivity index (χ3v) is 4.30. The van der Waals surface area contributed by atoms with Crippen molar-refractivity contribution in [1.82, 2.24) is 4.90 Å². The van der Waals surface area contributed by atoms with Crippen LogP contribution in [0.2, 0.25) is 0 Å². The average Bonchev–Trinajstić information content (AvgIpc) is 2.58. The summed E-state index contributed by atoms with van der Waals surface area (Å²) in [5.41, 5.74) is 5.20. The minimum Gasteiger partial charge on any atom is -0.480 e. The van der Waals surface area contributed by atoms with Gasteiger partial charge in [0.1, 0.15) is 0 Å². The van der Waals surface area contributed by atoms with E-state index >= 15 is 0 Å². The van der Waals surface area contributed by atoms with Crippen LogP contribution in [0.4, 0.5) is 0 Å². The predicted octanol–water partition coefficient (Wildman–Crippen LogP) is 4.09. The van der Waals surface area contributed by atoms with E-state index in [1.807, 2.05) is 17.0 Å². The maximum Gasteiger partial charge on any atom is 0.317 e. The number of rotatable bonds is 4. The van der Waals surface area contributed by atoms with Crippen LogP contribution in [0.25, 0.3) is 5.57 Å². The van der Waals surface area contributed by atoms with Crippen LogP contribution in [-0.4, -0.2) is 35.6 Å². The fraction of sp³-hybridized carbons (Fsp3) is 0.250. The monoisotopic (exact) mass is 343 g/mol. The summed E-state index contributed by atoms with van der Waals surface area (Å²) in [7, 11) is 0. The zero-order valence-corrected chi connectivity index (χ0v) is 14.3. The molecule has 1 heterocycles. The molecule has 0 saturated carbocycles. The predicted molar refractivity (Wildman–Crippen MR) is 99.5 cm³/mol. The highest BCUT2D eigenvalue weighted by Crippen LogP contribution is 2.32. The van der Waals surface area contributed by atoms with Gasteiger partial charge in [-0.25, -0.2) is 0 Å². The van der Waals surface area contributed by atoms with E-state index in [0.717, 1.165) is 25.9 Å². The second-order valence-corrected chi connectivity index (χ2v) is 5.88. The Kier molecular flexibility index (Phi) is 6.59. The Hall–Kier alpha value is -2.10. The minimum atomic E-state index is -0.747. The summed E-state index contributed by atoms with van der Waals surface area (Å²) in [6, 6.07) is 20.9. The summed E-state index contributed by atoms with van der Waals surface area (Å²) in [6.45, 7) is 1.76. The second kappa shape index (κ2) is 8.67. The maximum absolute atomic E-state index is 10.9. The Balaban J connectivity index is 0.00000208. The van der Waals surface area contributed by atoms with Crippen molar-refractivity contribution < 1.29 is 9.90 Å². The molecule has 0 atom stereocenters. The second-order valence-electron chi connectivity index (χ2n) is 5.88. The quantitative estimate of drug-likeness (QED) is 0.909. The first-order valence-electron chi connectivity index (χ1n) is 8.01. The van der Waals surface area contributed by atoms with E-state index in [0.29, 0.717) is 0 Å². The van der Waals surface area contributed by atoms with E-state index in [1.165, 1.54) is 22.3 Å². The molecule has 0 bridgehead atoms. The fourth-order valence-corrected chi connectivity index (χ4v) is 3.21. The molecular formula is C20H22ClNO2. The molecule has 4 heteroatoms. The first-order chi connectivity index (χ1) is 11.2. The lowest BCUT2D eigenvalue weighted by atomic mass is 9.88. The number of aliphatic carboxylic acids is 1. The van der Waals surface area contributed by atoms with E-state index in [1.54, 1.807) is 0 Å². The van der Waals surface area contributed by atoms with Crippen LogP contribution < -0.4 is 0 Å². The lowest BCUT2D eigenvalue weighted by Gasteiger charge is -2.29. The van der Waals surface area contributed by atoms with Crippen molar-refractivity contribution in [2.45, 2.75) is 12.8 Å². The molecule has 0 unspecified atom stereocenters. The van der Waals surface area contributed by atoms with Crippen molar-refractivity contribution in [1.29, 1.82) is 0 Å². The zero-order valence-electron chi connectivity index (χ0n) is 13.5. The van der Waals surface area contributed by atoms with Crippen molar-refractivity contribution in [2.24, 2.45) is 0 Å². The summed E-state index contributed by atoms with van der Waals surface area (Å²) >= 11 is 0. The molecule has 2 aromatic rings. The summed E-state index contributed by atoms with van der Waals surface area (Å²) in [6.07, 6.45) is 1.85. The van der Waals surface area contributed by atoms with E-state index in [9.17, 15) is 4.79 Å². The van der Waals surface area contributed by atoms with E-state index in [2.05, 4.69) is 48.5 Å². The molecule has 3 nitrogen and oxygen atoms in total. The highest BCUT2D eigenvalue weighted by molar-refractivity contribution is 5.85. The van der Waals surface area contributed by atoms with Crippen LogP contribution in [0.5, 0.6) is 0 Å². The number of halogens is 1. The topological polar surface area (TPSA) is 40.5 Å². The summed E-state index contributed by atoms with van der Waals surface area (Å²) in [5.74, 6) is -0.747. The van der Waals surface area contributed by atoms with Gasteiger partial charge in [0.15, 0.2) is 0 Å². The molecule has 2 aromatic carbocycles. The van der Waals surface area contributed by atoms with Gasteiger partial charge in [-0.05, 0) is 29.5 Å². The summed E-state index contributed by atoms with van der Waals surface area (Å²) < 4.78 is 0. The zero-order chi connectivity index (χ0) is 16.1. The molecule has 1 aliphatic rings. The van der Waals surface area contributed by atoms with E-state index in [-0.39, 0.29) is 19.0 Å². The molecule has 1 saturated heterocycles. The Morgan fingerprint density at radius 1 is 0.875 bits per heavy atom. The molecule has 1 fully saturated rings. The smallest absolute Gasteiger partial charge is 0.317 e. The van der Waals surface area contributed by atoms with Gasteiger partial charge in [0, 0.05) is 13.1 Å². The molecular weight excluding hydrogens is 322 g/mol. The number of carboxylic acid groups (broad SMARTS) is 1. The molecule has 0 aromatic heterocycles. The van der Waals surface area contributed by atoms with Crippen LogP contribution in [0, 0.1) is 0 Å². The number of carboxylic acids is 1. The number of likely N-dealkylation sites (tertiary alicyclic amines) is 1. The lowest BCUT2D eigenvalue weighted by molar-refractivity contribution is -0.138. The number of piperidine rings is 1. The number of hydrogen-bond donors (Lipinski definition) is 1. The highest BCUT2D eigenvalue weighted by Gasteiger charge is 2.20. The van der Waals surface area contributed by atoms with Crippen molar-refractivity contribution in [2.75, 3.05) is 19.6 Å². The first-order valence-corrected chi connectivity index (χ1v) is 8.01. The normalized spacial score (nSPS) is 14.8. The van der Waals surface area contributed by atoms with Crippen molar-refractivity contribution in [3.8, 4) is 0 Å². The molecule has 0 radical (unpaired) electrons. The highest BCUT2D eigenvalue weighted by atomic mass is 35.5. The van der Waals surface area contributed by atoms with E-state index < -0.39 is 5.97 Å². The summed E-state index contributed by atoms with van der Waals surface area (Å²) in [4.78, 5) is 12.9. The number of hydrogen-bond acceptors (Lipinski definition) is 2. The maximum atomic E-state index is 10.9.